The molecule has 1 aromatic rings. The van der Waals surface area contributed by atoms with E-state index in [4.69, 9.17) is 5.11 Å². The molecule has 0 spiro atoms. The maximum atomic E-state index is 11.9. The van der Waals surface area contributed by atoms with Crippen molar-refractivity contribution in [3.63, 3.8) is 0 Å². The fourth-order valence-electron chi connectivity index (χ4n) is 2.15. The van der Waals surface area contributed by atoms with E-state index < -0.39 is 11.4 Å². The highest BCUT2D eigenvalue weighted by atomic mass is 32.1. The van der Waals surface area contributed by atoms with Gasteiger partial charge in [0, 0.05) is 31.4 Å². The Morgan fingerprint density at radius 1 is 1.43 bits per heavy atom. The molecule has 0 bridgehead atoms. The molecule has 116 valence electrons. The van der Waals surface area contributed by atoms with Crippen LogP contribution in [0.1, 0.15) is 38.8 Å². The number of aliphatic carboxylic acids is 1. The minimum absolute atomic E-state index is 0.169. The van der Waals surface area contributed by atoms with Gasteiger partial charge in [0.05, 0.1) is 5.69 Å². The van der Waals surface area contributed by atoms with Crippen LogP contribution in [-0.4, -0.2) is 46.5 Å². The third kappa shape index (κ3) is 3.72. The summed E-state index contributed by atoms with van der Waals surface area (Å²) in [5.41, 5.74) is -0.463. The summed E-state index contributed by atoms with van der Waals surface area (Å²) >= 11 is 1.37. The van der Waals surface area contributed by atoms with Crippen LogP contribution in [0.3, 0.4) is 0 Å². The first-order valence-corrected chi connectivity index (χ1v) is 8.00. The summed E-state index contributed by atoms with van der Waals surface area (Å²) in [6, 6.07) is 0. The number of likely N-dealkylation sites (tertiary alicyclic amines) is 1. The van der Waals surface area contributed by atoms with Crippen molar-refractivity contribution in [1.82, 2.24) is 9.88 Å². The molecule has 21 heavy (non-hydrogen) atoms. The van der Waals surface area contributed by atoms with Crippen LogP contribution in [0.25, 0.3) is 0 Å². The Hall–Kier alpha value is -1.63. The van der Waals surface area contributed by atoms with E-state index >= 15 is 0 Å². The highest BCUT2D eigenvalue weighted by Gasteiger charge is 2.32. The van der Waals surface area contributed by atoms with Crippen molar-refractivity contribution in [2.24, 2.45) is 0 Å². The molecule has 1 saturated heterocycles. The fraction of sp³-hybridized carbons (Fsp3) is 0.643. The molecule has 1 aromatic heterocycles. The number of rotatable bonds is 6. The van der Waals surface area contributed by atoms with Crippen LogP contribution in [0.5, 0.6) is 0 Å². The minimum Gasteiger partial charge on any atom is -0.481 e. The normalized spacial score (nSPS) is 15.2. The van der Waals surface area contributed by atoms with Crippen LogP contribution in [0.15, 0.2) is 5.38 Å². The first-order chi connectivity index (χ1) is 9.91. The molecule has 0 radical (unpaired) electrons. The number of nitrogens with one attached hydrogen (secondary N) is 1. The standard InChI is InChI=1S/C14H21N3O3S/c1-14(2,12(19)20)10-9-21-13(16-10)15-6-5-11(18)17-7-3-4-8-17/h9H,3-8H2,1-2H3,(H,15,16)(H,19,20). The van der Waals surface area contributed by atoms with Crippen molar-refractivity contribution in [1.29, 1.82) is 0 Å². The molecule has 2 heterocycles. The number of carboxylic acids is 1. The van der Waals surface area contributed by atoms with Crippen LogP contribution in [0.4, 0.5) is 5.13 Å². The number of carbonyl (C=O) groups excluding carboxylic acids is 1. The van der Waals surface area contributed by atoms with Crippen LogP contribution in [0.2, 0.25) is 0 Å². The minimum atomic E-state index is -0.998. The van der Waals surface area contributed by atoms with E-state index in [9.17, 15) is 9.59 Å². The van der Waals surface area contributed by atoms with Gasteiger partial charge in [-0.05, 0) is 26.7 Å². The Labute approximate surface area is 128 Å². The van der Waals surface area contributed by atoms with E-state index in [1.807, 2.05) is 4.90 Å². The number of hydrogen-bond donors (Lipinski definition) is 2. The zero-order chi connectivity index (χ0) is 15.5. The van der Waals surface area contributed by atoms with Gasteiger partial charge >= 0.3 is 5.97 Å². The number of aromatic nitrogens is 1. The maximum Gasteiger partial charge on any atom is 0.315 e. The summed E-state index contributed by atoms with van der Waals surface area (Å²) in [5, 5.41) is 14.7. The molecular formula is C14H21N3O3S. The summed E-state index contributed by atoms with van der Waals surface area (Å²) in [5.74, 6) is -0.730. The summed E-state index contributed by atoms with van der Waals surface area (Å²) in [7, 11) is 0. The second kappa shape index (κ2) is 6.43. The molecule has 0 aromatic carbocycles. The van der Waals surface area contributed by atoms with Gasteiger partial charge in [-0.15, -0.1) is 11.3 Å². The van der Waals surface area contributed by atoms with Gasteiger partial charge < -0.3 is 15.3 Å². The van der Waals surface area contributed by atoms with Gasteiger partial charge in [0.2, 0.25) is 5.91 Å². The van der Waals surface area contributed by atoms with E-state index in [0.717, 1.165) is 25.9 Å². The van der Waals surface area contributed by atoms with Crippen molar-refractivity contribution in [2.75, 3.05) is 25.0 Å². The molecule has 2 N–H and O–H groups in total. The summed E-state index contributed by atoms with van der Waals surface area (Å²) in [6.45, 7) is 5.52. The predicted octanol–water partition coefficient (Wildman–Crippen LogP) is 1.93. The fourth-order valence-corrected chi connectivity index (χ4v) is 3.06. The van der Waals surface area contributed by atoms with Gasteiger partial charge in [0.15, 0.2) is 5.13 Å². The van der Waals surface area contributed by atoms with Crippen LogP contribution < -0.4 is 5.32 Å². The Balaban J connectivity index is 1.83. The smallest absolute Gasteiger partial charge is 0.315 e. The quantitative estimate of drug-likeness (QED) is 0.839. The highest BCUT2D eigenvalue weighted by Crippen LogP contribution is 2.27. The van der Waals surface area contributed by atoms with Crippen molar-refractivity contribution >= 4 is 28.3 Å². The van der Waals surface area contributed by atoms with Crippen molar-refractivity contribution in [2.45, 2.75) is 38.5 Å². The van der Waals surface area contributed by atoms with Gasteiger partial charge in [0.25, 0.3) is 0 Å². The lowest BCUT2D eigenvalue weighted by Gasteiger charge is -2.16. The van der Waals surface area contributed by atoms with Gasteiger partial charge in [-0.3, -0.25) is 9.59 Å². The molecule has 1 amide bonds. The third-order valence-corrected chi connectivity index (χ3v) is 4.55. The first-order valence-electron chi connectivity index (χ1n) is 7.12. The lowest BCUT2D eigenvalue weighted by Crippen LogP contribution is -2.29. The van der Waals surface area contributed by atoms with Gasteiger partial charge in [0.1, 0.15) is 5.41 Å². The number of anilines is 1. The van der Waals surface area contributed by atoms with E-state index in [0.29, 0.717) is 23.8 Å². The number of nitrogens with zero attached hydrogens (tertiary/aromatic N) is 2. The Morgan fingerprint density at radius 3 is 2.71 bits per heavy atom. The molecule has 6 nitrogen and oxygen atoms in total. The number of hydrogen-bond acceptors (Lipinski definition) is 5. The van der Waals surface area contributed by atoms with Crippen LogP contribution in [-0.2, 0) is 15.0 Å². The van der Waals surface area contributed by atoms with Crippen molar-refractivity contribution in [3.8, 4) is 0 Å². The first kappa shape index (κ1) is 15.8. The molecule has 0 unspecified atom stereocenters. The van der Waals surface area contributed by atoms with Crippen LogP contribution in [0, 0.1) is 0 Å². The largest absolute Gasteiger partial charge is 0.481 e. The van der Waals surface area contributed by atoms with Crippen molar-refractivity contribution in [3.05, 3.63) is 11.1 Å². The average molecular weight is 311 g/mol. The van der Waals surface area contributed by atoms with Crippen LogP contribution >= 0.6 is 11.3 Å². The van der Waals surface area contributed by atoms with Gasteiger partial charge in [-0.25, -0.2) is 4.98 Å². The lowest BCUT2D eigenvalue weighted by molar-refractivity contribution is -0.142. The molecule has 1 aliphatic rings. The van der Waals surface area contributed by atoms with E-state index in [1.54, 1.807) is 19.2 Å². The average Bonchev–Trinajstić information content (AvgIpc) is 3.10. The molecule has 7 heteroatoms. The molecule has 2 rings (SSSR count). The lowest BCUT2D eigenvalue weighted by atomic mass is 9.90. The summed E-state index contributed by atoms with van der Waals surface area (Å²) in [6.07, 6.45) is 2.63. The number of carboxylic acid groups (broad SMARTS) is 1. The molecule has 1 aliphatic heterocycles. The molecular weight excluding hydrogens is 290 g/mol. The van der Waals surface area contributed by atoms with Gasteiger partial charge in [-0.2, -0.15) is 0 Å². The number of carbonyl (C=O) groups is 2. The van der Waals surface area contributed by atoms with Crippen molar-refractivity contribution < 1.29 is 14.7 Å². The second-order valence-electron chi connectivity index (χ2n) is 5.73. The monoisotopic (exact) mass is 311 g/mol. The second-order valence-corrected chi connectivity index (χ2v) is 6.59. The third-order valence-electron chi connectivity index (χ3n) is 3.75. The summed E-state index contributed by atoms with van der Waals surface area (Å²) < 4.78 is 0. The number of amides is 1. The van der Waals surface area contributed by atoms with E-state index in [1.165, 1.54) is 11.3 Å². The predicted molar refractivity (Wildman–Crippen MR) is 81.7 cm³/mol. The van der Waals surface area contributed by atoms with E-state index in [-0.39, 0.29) is 5.91 Å². The molecule has 1 fully saturated rings. The molecule has 0 atom stereocenters. The SMILES string of the molecule is CC(C)(C(=O)O)c1csc(NCCC(=O)N2CCCC2)n1. The maximum absolute atomic E-state index is 11.9. The zero-order valence-corrected chi connectivity index (χ0v) is 13.2. The number of thiazole rings is 1. The Morgan fingerprint density at radius 2 is 2.10 bits per heavy atom. The summed E-state index contributed by atoms with van der Waals surface area (Å²) in [4.78, 5) is 29.2. The highest BCUT2D eigenvalue weighted by molar-refractivity contribution is 7.13. The van der Waals surface area contributed by atoms with Gasteiger partial charge in [-0.1, -0.05) is 0 Å². The van der Waals surface area contributed by atoms with E-state index in [2.05, 4.69) is 10.3 Å². The topological polar surface area (TPSA) is 82.5 Å². The molecule has 0 saturated carbocycles. The Bertz CT molecular complexity index is 521. The molecule has 0 aliphatic carbocycles. The zero-order valence-electron chi connectivity index (χ0n) is 12.4. The Kier molecular flexibility index (Phi) is 4.82.